The summed E-state index contributed by atoms with van der Waals surface area (Å²) in [5.41, 5.74) is 1.68. The molecule has 1 aromatic carbocycles. The van der Waals surface area contributed by atoms with Gasteiger partial charge in [0.25, 0.3) is 5.91 Å². The summed E-state index contributed by atoms with van der Waals surface area (Å²) < 4.78 is 6.78. The van der Waals surface area contributed by atoms with E-state index in [9.17, 15) is 9.59 Å². The molecule has 2 aromatic rings. The first-order valence-electron chi connectivity index (χ1n) is 8.97. The molecule has 0 spiro atoms. The molecule has 0 bridgehead atoms. The van der Waals surface area contributed by atoms with Crippen molar-refractivity contribution in [3.05, 3.63) is 52.3 Å². The molecule has 0 saturated heterocycles. The second-order valence-electron chi connectivity index (χ2n) is 6.96. The molecule has 0 fully saturated rings. The highest BCUT2D eigenvalue weighted by atomic mass is 35.5. The van der Waals surface area contributed by atoms with E-state index in [1.807, 2.05) is 58.0 Å². The SMILES string of the molecule is Cc1nn(Cc2ccccc2)c(Cl)c1C(=O)OCC(=O)N(C(C)C)C(C)C. The highest BCUT2D eigenvalue weighted by Gasteiger charge is 2.25. The van der Waals surface area contributed by atoms with Crippen LogP contribution in [0.5, 0.6) is 0 Å². The van der Waals surface area contributed by atoms with Crippen LogP contribution in [-0.4, -0.2) is 45.2 Å². The monoisotopic (exact) mass is 391 g/mol. The average molecular weight is 392 g/mol. The third-order valence-electron chi connectivity index (χ3n) is 4.17. The van der Waals surface area contributed by atoms with Crippen LogP contribution in [0.4, 0.5) is 0 Å². The van der Waals surface area contributed by atoms with Gasteiger partial charge < -0.3 is 9.64 Å². The Labute approximate surface area is 165 Å². The number of aryl methyl sites for hydroxylation is 1. The summed E-state index contributed by atoms with van der Waals surface area (Å²) in [6.07, 6.45) is 0. The van der Waals surface area contributed by atoms with Crippen molar-refractivity contribution in [3.8, 4) is 0 Å². The number of carbonyl (C=O) groups excluding carboxylic acids is 2. The van der Waals surface area contributed by atoms with Crippen molar-refractivity contribution in [2.75, 3.05) is 6.61 Å². The number of hydrogen-bond donors (Lipinski definition) is 0. The van der Waals surface area contributed by atoms with Crippen molar-refractivity contribution in [1.82, 2.24) is 14.7 Å². The van der Waals surface area contributed by atoms with Gasteiger partial charge in [0.05, 0.1) is 12.2 Å². The third-order valence-corrected chi connectivity index (χ3v) is 4.56. The number of aromatic nitrogens is 2. The van der Waals surface area contributed by atoms with E-state index in [1.54, 1.807) is 16.5 Å². The molecule has 0 aliphatic rings. The lowest BCUT2D eigenvalue weighted by Gasteiger charge is -2.30. The maximum Gasteiger partial charge on any atom is 0.343 e. The molecule has 0 atom stereocenters. The van der Waals surface area contributed by atoms with E-state index in [4.69, 9.17) is 16.3 Å². The largest absolute Gasteiger partial charge is 0.452 e. The molecule has 0 aliphatic heterocycles. The summed E-state index contributed by atoms with van der Waals surface area (Å²) >= 11 is 6.36. The normalized spacial score (nSPS) is 11.1. The van der Waals surface area contributed by atoms with E-state index in [-0.39, 0.29) is 35.3 Å². The first-order chi connectivity index (χ1) is 12.7. The number of halogens is 1. The third kappa shape index (κ3) is 5.10. The molecule has 2 rings (SSSR count). The Morgan fingerprint density at radius 3 is 2.30 bits per heavy atom. The van der Waals surface area contributed by atoms with E-state index in [1.165, 1.54) is 0 Å². The van der Waals surface area contributed by atoms with Crippen LogP contribution in [0.2, 0.25) is 5.15 Å². The summed E-state index contributed by atoms with van der Waals surface area (Å²) in [5, 5.41) is 4.54. The zero-order valence-electron chi connectivity index (χ0n) is 16.4. The smallest absolute Gasteiger partial charge is 0.343 e. The van der Waals surface area contributed by atoms with Gasteiger partial charge in [-0.3, -0.25) is 4.79 Å². The van der Waals surface area contributed by atoms with Crippen LogP contribution in [0.3, 0.4) is 0 Å². The van der Waals surface area contributed by atoms with Crippen LogP contribution in [0, 0.1) is 6.92 Å². The number of carbonyl (C=O) groups is 2. The molecule has 0 saturated carbocycles. The number of hydrogen-bond acceptors (Lipinski definition) is 4. The van der Waals surface area contributed by atoms with Gasteiger partial charge in [-0.05, 0) is 40.2 Å². The Morgan fingerprint density at radius 1 is 1.15 bits per heavy atom. The second kappa shape index (κ2) is 9.04. The molecular formula is C20H26ClN3O3. The first-order valence-corrected chi connectivity index (χ1v) is 9.35. The van der Waals surface area contributed by atoms with Crippen molar-refractivity contribution < 1.29 is 14.3 Å². The number of amides is 1. The van der Waals surface area contributed by atoms with Gasteiger partial charge in [-0.15, -0.1) is 0 Å². The molecule has 0 aliphatic carbocycles. The fraction of sp³-hybridized carbons (Fsp3) is 0.450. The quantitative estimate of drug-likeness (QED) is 0.675. The predicted octanol–water partition coefficient (Wildman–Crippen LogP) is 3.70. The van der Waals surface area contributed by atoms with E-state index in [0.717, 1.165) is 5.56 Å². The van der Waals surface area contributed by atoms with E-state index in [2.05, 4.69) is 5.10 Å². The number of nitrogens with zero attached hydrogens (tertiary/aromatic N) is 3. The van der Waals surface area contributed by atoms with Crippen LogP contribution in [0.15, 0.2) is 30.3 Å². The zero-order chi connectivity index (χ0) is 20.1. The summed E-state index contributed by atoms with van der Waals surface area (Å²) in [4.78, 5) is 26.5. The van der Waals surface area contributed by atoms with Crippen molar-refractivity contribution in [2.45, 2.75) is 53.2 Å². The zero-order valence-corrected chi connectivity index (χ0v) is 17.2. The van der Waals surface area contributed by atoms with Crippen molar-refractivity contribution in [3.63, 3.8) is 0 Å². The molecule has 1 amide bonds. The van der Waals surface area contributed by atoms with E-state index < -0.39 is 5.97 Å². The lowest BCUT2D eigenvalue weighted by atomic mass is 10.2. The minimum absolute atomic E-state index is 0.0233. The summed E-state index contributed by atoms with van der Waals surface area (Å²) in [7, 11) is 0. The Balaban J connectivity index is 2.09. The average Bonchev–Trinajstić information content (AvgIpc) is 2.86. The lowest BCUT2D eigenvalue weighted by molar-refractivity contribution is -0.138. The first kappa shape index (κ1) is 21.0. The Hall–Kier alpha value is -2.34. The van der Waals surface area contributed by atoms with Crippen LogP contribution in [-0.2, 0) is 16.1 Å². The molecule has 7 heteroatoms. The Morgan fingerprint density at radius 2 is 1.74 bits per heavy atom. The standard InChI is InChI=1S/C20H26ClN3O3/c1-13(2)24(14(3)4)17(25)12-27-20(26)18-15(5)22-23(19(18)21)11-16-9-7-6-8-10-16/h6-10,13-14H,11-12H2,1-5H3. The summed E-state index contributed by atoms with van der Waals surface area (Å²) in [6, 6.07) is 9.74. The molecule has 6 nitrogen and oxygen atoms in total. The molecule has 1 heterocycles. The fourth-order valence-corrected chi connectivity index (χ4v) is 3.40. The molecule has 1 aromatic heterocycles. The Bertz CT molecular complexity index is 792. The van der Waals surface area contributed by atoms with Gasteiger partial charge in [-0.25, -0.2) is 9.48 Å². The highest BCUT2D eigenvalue weighted by molar-refractivity contribution is 6.32. The number of benzene rings is 1. The van der Waals surface area contributed by atoms with Crippen LogP contribution in [0.1, 0.15) is 49.3 Å². The maximum atomic E-state index is 12.5. The van der Waals surface area contributed by atoms with E-state index in [0.29, 0.717) is 12.2 Å². The molecule has 27 heavy (non-hydrogen) atoms. The minimum atomic E-state index is -0.641. The minimum Gasteiger partial charge on any atom is -0.452 e. The molecular weight excluding hydrogens is 366 g/mol. The topological polar surface area (TPSA) is 64.4 Å². The van der Waals surface area contributed by atoms with Gasteiger partial charge in [0.15, 0.2) is 6.61 Å². The van der Waals surface area contributed by atoms with Crippen LogP contribution < -0.4 is 0 Å². The highest BCUT2D eigenvalue weighted by Crippen LogP contribution is 2.22. The fourth-order valence-electron chi connectivity index (χ4n) is 3.09. The van der Waals surface area contributed by atoms with Gasteiger partial charge in [0.1, 0.15) is 10.7 Å². The summed E-state index contributed by atoms with van der Waals surface area (Å²) in [6.45, 7) is 9.52. The van der Waals surface area contributed by atoms with Gasteiger partial charge >= 0.3 is 5.97 Å². The maximum absolute atomic E-state index is 12.5. The van der Waals surface area contributed by atoms with Gasteiger partial charge in [-0.2, -0.15) is 5.10 Å². The van der Waals surface area contributed by atoms with E-state index >= 15 is 0 Å². The predicted molar refractivity (Wildman–Crippen MR) is 105 cm³/mol. The summed E-state index contributed by atoms with van der Waals surface area (Å²) in [5.74, 6) is -0.878. The molecule has 0 N–H and O–H groups in total. The van der Waals surface area contributed by atoms with Crippen molar-refractivity contribution >= 4 is 23.5 Å². The number of ether oxygens (including phenoxy) is 1. The van der Waals surface area contributed by atoms with Gasteiger partial charge in [-0.1, -0.05) is 41.9 Å². The van der Waals surface area contributed by atoms with Crippen LogP contribution >= 0.6 is 11.6 Å². The van der Waals surface area contributed by atoms with Crippen molar-refractivity contribution in [1.29, 1.82) is 0 Å². The molecule has 146 valence electrons. The number of esters is 1. The van der Waals surface area contributed by atoms with Gasteiger partial charge in [0.2, 0.25) is 0 Å². The van der Waals surface area contributed by atoms with Crippen LogP contribution in [0.25, 0.3) is 0 Å². The van der Waals surface area contributed by atoms with Crippen molar-refractivity contribution in [2.24, 2.45) is 0 Å². The molecule has 0 radical (unpaired) electrons. The second-order valence-corrected chi connectivity index (χ2v) is 7.32. The number of rotatable bonds is 7. The van der Waals surface area contributed by atoms with Gasteiger partial charge in [0, 0.05) is 12.1 Å². The lowest BCUT2D eigenvalue weighted by Crippen LogP contribution is -2.44. The Kier molecular flexibility index (Phi) is 7.02. The molecule has 0 unspecified atom stereocenters.